The Hall–Kier alpha value is -4.59. The zero-order chi connectivity index (χ0) is 31.0. The van der Waals surface area contributed by atoms with Crippen LogP contribution in [0.3, 0.4) is 0 Å². The number of pyridine rings is 1. The topological polar surface area (TPSA) is 148 Å². The van der Waals surface area contributed by atoms with Crippen LogP contribution in [0.5, 0.6) is 0 Å². The maximum atomic E-state index is 14.1. The smallest absolute Gasteiger partial charge is 0.405 e. The molecule has 12 nitrogen and oxygen atoms in total. The number of carbonyl (C=O) groups is 3. The summed E-state index contributed by atoms with van der Waals surface area (Å²) in [6.45, 7) is 4.15. The Morgan fingerprint density at radius 2 is 1.90 bits per heavy atom. The number of rotatable bonds is 13. The van der Waals surface area contributed by atoms with Gasteiger partial charge in [0.05, 0.1) is 30.3 Å². The zero-order valence-corrected chi connectivity index (χ0v) is 23.8. The van der Waals surface area contributed by atoms with Crippen molar-refractivity contribution in [1.29, 1.82) is 0 Å². The van der Waals surface area contributed by atoms with Gasteiger partial charge in [0.25, 0.3) is 5.56 Å². The second kappa shape index (κ2) is 14.3. The van der Waals surface area contributed by atoms with Crippen molar-refractivity contribution in [2.24, 2.45) is 0 Å². The van der Waals surface area contributed by atoms with Gasteiger partial charge in [-0.15, -0.1) is 0 Å². The highest BCUT2D eigenvalue weighted by molar-refractivity contribution is 5.96. The Labute approximate surface area is 240 Å². The Morgan fingerprint density at radius 3 is 2.57 bits per heavy atom. The van der Waals surface area contributed by atoms with Gasteiger partial charge in [0, 0.05) is 39.0 Å². The van der Waals surface area contributed by atoms with Crippen molar-refractivity contribution in [1.82, 2.24) is 24.3 Å². The van der Waals surface area contributed by atoms with E-state index in [1.807, 2.05) is 13.8 Å². The number of allylic oxidation sites excluding steroid dienone is 1. The SMILES string of the molecule is CC(C)OCCn1c(Cn2cccc(NC(=O)C(CC/C=C/C(=O)N(C)C)NC(=O)O)c2=O)nc2cc(F)c(F)cc21. The third kappa shape index (κ3) is 8.46. The first-order chi connectivity index (χ1) is 19.9. The maximum absolute atomic E-state index is 14.1. The fourth-order valence-corrected chi connectivity index (χ4v) is 4.06. The molecule has 0 spiro atoms. The van der Waals surface area contributed by atoms with Gasteiger partial charge in [0.1, 0.15) is 17.6 Å². The highest BCUT2D eigenvalue weighted by Crippen LogP contribution is 2.21. The molecule has 0 aliphatic rings. The first-order valence-corrected chi connectivity index (χ1v) is 13.2. The van der Waals surface area contributed by atoms with Crippen LogP contribution in [0, 0.1) is 11.6 Å². The van der Waals surface area contributed by atoms with Crippen LogP contribution in [0.2, 0.25) is 0 Å². The molecular weight excluding hydrogens is 554 g/mol. The molecule has 3 N–H and O–H groups in total. The molecule has 3 aromatic rings. The van der Waals surface area contributed by atoms with E-state index in [9.17, 15) is 33.1 Å². The number of aromatic nitrogens is 3. The third-order valence-electron chi connectivity index (χ3n) is 6.16. The molecule has 0 fully saturated rings. The van der Waals surface area contributed by atoms with Crippen LogP contribution < -0.4 is 16.2 Å². The number of hydrogen-bond acceptors (Lipinski definition) is 6. The van der Waals surface area contributed by atoms with Crippen LogP contribution in [0.1, 0.15) is 32.5 Å². The monoisotopic (exact) mass is 588 g/mol. The molecule has 1 atom stereocenters. The second-order valence-electron chi connectivity index (χ2n) is 9.91. The highest BCUT2D eigenvalue weighted by atomic mass is 19.2. The number of halogens is 2. The minimum atomic E-state index is -1.43. The Balaban J connectivity index is 1.83. The number of hydrogen-bond donors (Lipinski definition) is 3. The summed E-state index contributed by atoms with van der Waals surface area (Å²) in [7, 11) is 3.16. The van der Waals surface area contributed by atoms with Gasteiger partial charge in [-0.25, -0.2) is 18.6 Å². The van der Waals surface area contributed by atoms with E-state index in [1.54, 1.807) is 18.7 Å². The number of nitrogens with one attached hydrogen (secondary N) is 2. The van der Waals surface area contributed by atoms with Crippen LogP contribution >= 0.6 is 0 Å². The molecular formula is C28H34F2N6O6. The van der Waals surface area contributed by atoms with Crippen molar-refractivity contribution < 1.29 is 33.0 Å². The van der Waals surface area contributed by atoms with Crippen molar-refractivity contribution in [2.75, 3.05) is 26.0 Å². The van der Waals surface area contributed by atoms with Crippen LogP contribution in [0.25, 0.3) is 11.0 Å². The molecule has 226 valence electrons. The van der Waals surface area contributed by atoms with Crippen LogP contribution in [-0.4, -0.2) is 74.9 Å². The lowest BCUT2D eigenvalue weighted by molar-refractivity contribution is -0.123. The molecule has 3 amide bonds. The van der Waals surface area contributed by atoms with Gasteiger partial charge in [-0.3, -0.25) is 14.4 Å². The lowest BCUT2D eigenvalue weighted by Gasteiger charge is -2.17. The summed E-state index contributed by atoms with van der Waals surface area (Å²) in [5.74, 6) is -2.78. The average Bonchev–Trinajstić information content (AvgIpc) is 3.23. The molecule has 0 bridgehead atoms. The van der Waals surface area contributed by atoms with Crippen molar-refractivity contribution in [3.8, 4) is 0 Å². The average molecular weight is 589 g/mol. The molecule has 1 unspecified atom stereocenters. The first kappa shape index (κ1) is 31.9. The Morgan fingerprint density at radius 1 is 1.19 bits per heavy atom. The Kier molecular flexibility index (Phi) is 10.9. The molecule has 3 rings (SSSR count). The summed E-state index contributed by atoms with van der Waals surface area (Å²) >= 11 is 0. The molecule has 2 heterocycles. The van der Waals surface area contributed by atoms with Crippen molar-refractivity contribution in [2.45, 2.75) is 51.9 Å². The Bertz CT molecular complexity index is 1530. The number of anilines is 1. The number of fused-ring (bicyclic) bond motifs is 1. The van der Waals surface area contributed by atoms with E-state index in [-0.39, 0.29) is 55.8 Å². The van der Waals surface area contributed by atoms with Crippen LogP contribution in [0.15, 0.2) is 47.4 Å². The standard InChI is InChI=1S/C28H34F2N6O6/c1-17(2)42-13-12-36-23-15-19(30)18(29)14-22(23)31-24(36)16-35-11-7-9-21(27(35)39)32-26(38)20(33-28(40)41)8-5-6-10-25(37)34(3)4/h6-7,9-11,14-15,17,20,33H,5,8,12-13,16H2,1-4H3,(H,32,38)(H,40,41)/b10-6+. The molecule has 0 radical (unpaired) electrons. The van der Waals surface area contributed by atoms with Gasteiger partial charge < -0.3 is 34.5 Å². The summed E-state index contributed by atoms with van der Waals surface area (Å²) in [5.41, 5.74) is -0.181. The number of carbonyl (C=O) groups excluding carboxylic acids is 2. The number of carboxylic acid groups (broad SMARTS) is 1. The van der Waals surface area contributed by atoms with Crippen molar-refractivity contribution in [3.05, 3.63) is 70.4 Å². The molecule has 42 heavy (non-hydrogen) atoms. The number of imidazole rings is 1. The zero-order valence-electron chi connectivity index (χ0n) is 23.8. The molecule has 2 aromatic heterocycles. The van der Waals surface area contributed by atoms with Gasteiger partial charge in [-0.1, -0.05) is 6.08 Å². The van der Waals surface area contributed by atoms with Crippen LogP contribution in [-0.2, 0) is 27.4 Å². The van der Waals surface area contributed by atoms with E-state index in [0.717, 1.165) is 12.1 Å². The summed E-state index contributed by atoms with van der Waals surface area (Å²) in [5, 5.41) is 13.8. The summed E-state index contributed by atoms with van der Waals surface area (Å²) in [6.07, 6.45) is 3.07. The molecule has 14 heteroatoms. The van der Waals surface area contributed by atoms with E-state index >= 15 is 0 Å². The quantitative estimate of drug-likeness (QED) is 0.260. The minimum absolute atomic E-state index is 0.0337. The molecule has 1 aromatic carbocycles. The van der Waals surface area contributed by atoms with Gasteiger partial charge in [-0.2, -0.15) is 0 Å². The predicted molar refractivity (Wildman–Crippen MR) is 151 cm³/mol. The summed E-state index contributed by atoms with van der Waals surface area (Å²) in [4.78, 5) is 54.9. The lowest BCUT2D eigenvalue weighted by Crippen LogP contribution is -2.44. The number of amides is 3. The van der Waals surface area contributed by atoms with Crippen molar-refractivity contribution >= 4 is 34.6 Å². The lowest BCUT2D eigenvalue weighted by atomic mass is 10.1. The number of nitrogens with zero attached hydrogens (tertiary/aromatic N) is 4. The normalized spacial score (nSPS) is 12.2. The van der Waals surface area contributed by atoms with Gasteiger partial charge >= 0.3 is 6.09 Å². The predicted octanol–water partition coefficient (Wildman–Crippen LogP) is 2.95. The number of likely N-dealkylation sites (N-methyl/N-ethyl adjacent to an activating group) is 1. The number of benzene rings is 1. The highest BCUT2D eigenvalue weighted by Gasteiger charge is 2.22. The fraction of sp³-hybridized carbons (Fsp3) is 0.393. The van der Waals surface area contributed by atoms with Crippen LogP contribution in [0.4, 0.5) is 19.3 Å². The fourth-order valence-electron chi connectivity index (χ4n) is 4.06. The molecule has 0 aliphatic carbocycles. The largest absolute Gasteiger partial charge is 0.465 e. The molecule has 0 saturated carbocycles. The van der Waals surface area contributed by atoms with E-state index < -0.39 is 35.2 Å². The van der Waals surface area contributed by atoms with E-state index in [2.05, 4.69) is 15.6 Å². The van der Waals surface area contributed by atoms with Crippen molar-refractivity contribution in [3.63, 3.8) is 0 Å². The van der Waals surface area contributed by atoms with Gasteiger partial charge in [0.15, 0.2) is 11.6 Å². The number of ether oxygens (including phenoxy) is 1. The minimum Gasteiger partial charge on any atom is -0.465 e. The molecule has 0 saturated heterocycles. The third-order valence-corrected chi connectivity index (χ3v) is 6.16. The van der Waals surface area contributed by atoms with E-state index in [4.69, 9.17) is 4.74 Å². The second-order valence-corrected chi connectivity index (χ2v) is 9.91. The summed E-state index contributed by atoms with van der Waals surface area (Å²) < 4.78 is 36.5. The van der Waals surface area contributed by atoms with Gasteiger partial charge in [-0.05, 0) is 44.9 Å². The van der Waals surface area contributed by atoms with E-state index in [1.165, 1.54) is 39.9 Å². The van der Waals surface area contributed by atoms with Gasteiger partial charge in [0.2, 0.25) is 11.8 Å². The first-order valence-electron chi connectivity index (χ1n) is 13.2. The van der Waals surface area contributed by atoms with E-state index in [0.29, 0.717) is 11.3 Å². The molecule has 0 aliphatic heterocycles. The maximum Gasteiger partial charge on any atom is 0.405 e. The summed E-state index contributed by atoms with van der Waals surface area (Å²) in [6, 6.07) is 3.70.